The molecular formula is C19H27NO4S. The molecule has 2 rings (SSSR count). The molecule has 0 heterocycles. The van der Waals surface area contributed by atoms with Crippen LogP contribution in [0, 0.1) is 0 Å². The lowest BCUT2D eigenvalue weighted by Crippen LogP contribution is -2.34. The van der Waals surface area contributed by atoms with E-state index < -0.39 is 10.0 Å². The minimum atomic E-state index is -3.46. The highest BCUT2D eigenvalue weighted by Crippen LogP contribution is 2.43. The molecule has 0 aromatic heterocycles. The Balaban J connectivity index is 2.24. The molecule has 1 aliphatic carbocycles. The molecule has 5 nitrogen and oxygen atoms in total. The van der Waals surface area contributed by atoms with E-state index in [-0.39, 0.29) is 25.0 Å². The van der Waals surface area contributed by atoms with E-state index in [0.29, 0.717) is 23.2 Å². The second-order valence-electron chi connectivity index (χ2n) is 6.93. The summed E-state index contributed by atoms with van der Waals surface area (Å²) in [5.41, 5.74) is 1.67. The average molecular weight is 365 g/mol. The van der Waals surface area contributed by atoms with Crippen LogP contribution in [-0.4, -0.2) is 33.3 Å². The number of sulfonamides is 1. The van der Waals surface area contributed by atoms with Crippen LogP contribution in [0.1, 0.15) is 51.0 Å². The number of anilines is 1. The number of esters is 1. The van der Waals surface area contributed by atoms with Crippen LogP contribution in [0.5, 0.6) is 0 Å². The Bertz CT molecular complexity index is 841. The van der Waals surface area contributed by atoms with Crippen molar-refractivity contribution in [3.8, 4) is 0 Å². The second kappa shape index (κ2) is 7.60. The van der Waals surface area contributed by atoms with Gasteiger partial charge in [-0.05, 0) is 67.2 Å². The fourth-order valence-electron chi connectivity index (χ4n) is 2.79. The Kier molecular flexibility index (Phi) is 5.93. The van der Waals surface area contributed by atoms with Crippen molar-refractivity contribution < 1.29 is 17.9 Å². The van der Waals surface area contributed by atoms with Crippen LogP contribution < -0.4 is 14.7 Å². The lowest BCUT2D eigenvalue weighted by Gasteiger charge is -2.25. The van der Waals surface area contributed by atoms with Gasteiger partial charge < -0.3 is 4.74 Å². The summed E-state index contributed by atoms with van der Waals surface area (Å²) in [4.78, 5) is 11.7. The van der Waals surface area contributed by atoms with Gasteiger partial charge in [-0.25, -0.2) is 8.42 Å². The summed E-state index contributed by atoms with van der Waals surface area (Å²) in [6.07, 6.45) is 3.73. The van der Waals surface area contributed by atoms with Gasteiger partial charge in [-0.3, -0.25) is 9.10 Å². The summed E-state index contributed by atoms with van der Waals surface area (Å²) in [6.45, 7) is 11.7. The Morgan fingerprint density at radius 2 is 1.88 bits per heavy atom. The molecule has 0 N–H and O–H groups in total. The maximum absolute atomic E-state index is 12.4. The maximum atomic E-state index is 12.4. The first-order valence-corrected chi connectivity index (χ1v) is 10.4. The zero-order valence-corrected chi connectivity index (χ0v) is 16.1. The highest BCUT2D eigenvalue weighted by Gasteiger charge is 2.30. The van der Waals surface area contributed by atoms with Crippen LogP contribution in [-0.2, 0) is 19.6 Å². The van der Waals surface area contributed by atoms with Gasteiger partial charge in [0, 0.05) is 13.0 Å². The van der Waals surface area contributed by atoms with E-state index in [0.717, 1.165) is 23.6 Å². The lowest BCUT2D eigenvalue weighted by atomic mass is 10.1. The number of benzene rings is 1. The zero-order chi connectivity index (χ0) is 18.8. The van der Waals surface area contributed by atoms with Crippen LogP contribution >= 0.6 is 0 Å². The molecular weight excluding hydrogens is 338 g/mol. The highest BCUT2D eigenvalue weighted by molar-refractivity contribution is 7.92. The Morgan fingerprint density at radius 3 is 2.40 bits per heavy atom. The first-order valence-electron chi connectivity index (χ1n) is 8.58. The predicted molar refractivity (Wildman–Crippen MR) is 101 cm³/mol. The van der Waals surface area contributed by atoms with Gasteiger partial charge in [0.25, 0.3) is 0 Å². The van der Waals surface area contributed by atoms with Crippen molar-refractivity contribution in [2.24, 2.45) is 0 Å². The first kappa shape index (κ1) is 19.5. The standard InChI is InChI=1S/C19H27NO4S/c1-13(2)24-19(21)7-6-10-20(25(5,22)23)18-12-15(4)14(3)11-17(18)16-8-9-16/h11-13,16H,3-4,6-10H2,1-2,5H3. The van der Waals surface area contributed by atoms with Crippen LogP contribution in [0.15, 0.2) is 12.1 Å². The summed E-state index contributed by atoms with van der Waals surface area (Å²) in [5, 5.41) is 1.53. The third-order valence-corrected chi connectivity index (χ3v) is 5.32. The fourth-order valence-corrected chi connectivity index (χ4v) is 3.76. The molecule has 0 bridgehead atoms. The number of nitrogens with zero attached hydrogens (tertiary/aromatic N) is 1. The summed E-state index contributed by atoms with van der Waals surface area (Å²) in [5.74, 6) is 0.0723. The van der Waals surface area contributed by atoms with E-state index in [9.17, 15) is 13.2 Å². The van der Waals surface area contributed by atoms with Crippen molar-refractivity contribution in [2.45, 2.75) is 51.6 Å². The van der Waals surface area contributed by atoms with E-state index in [1.54, 1.807) is 19.9 Å². The van der Waals surface area contributed by atoms with Gasteiger partial charge in [-0.15, -0.1) is 0 Å². The van der Waals surface area contributed by atoms with E-state index in [1.807, 2.05) is 6.07 Å². The molecule has 25 heavy (non-hydrogen) atoms. The van der Waals surface area contributed by atoms with Crippen LogP contribution in [0.4, 0.5) is 5.69 Å². The van der Waals surface area contributed by atoms with Crippen molar-refractivity contribution in [3.63, 3.8) is 0 Å². The predicted octanol–water partition coefficient (Wildman–Crippen LogP) is 1.88. The molecule has 0 spiro atoms. The van der Waals surface area contributed by atoms with Gasteiger partial charge in [0.15, 0.2) is 0 Å². The van der Waals surface area contributed by atoms with Crippen molar-refractivity contribution in [3.05, 3.63) is 28.1 Å². The molecule has 1 aromatic rings. The van der Waals surface area contributed by atoms with Gasteiger partial charge in [0.2, 0.25) is 10.0 Å². The number of carbonyl (C=O) groups is 1. The smallest absolute Gasteiger partial charge is 0.306 e. The minimum absolute atomic E-state index is 0.168. The average Bonchev–Trinajstić information content (AvgIpc) is 3.29. The van der Waals surface area contributed by atoms with Crippen molar-refractivity contribution in [1.29, 1.82) is 0 Å². The highest BCUT2D eigenvalue weighted by atomic mass is 32.2. The number of ether oxygens (including phenoxy) is 1. The van der Waals surface area contributed by atoms with E-state index >= 15 is 0 Å². The van der Waals surface area contributed by atoms with Crippen LogP contribution in [0.3, 0.4) is 0 Å². The molecule has 0 atom stereocenters. The topological polar surface area (TPSA) is 63.7 Å². The Labute approximate surface area is 150 Å². The number of hydrogen-bond acceptors (Lipinski definition) is 4. The molecule has 138 valence electrons. The largest absolute Gasteiger partial charge is 0.463 e. The van der Waals surface area contributed by atoms with Crippen LogP contribution in [0.25, 0.3) is 13.2 Å². The summed E-state index contributed by atoms with van der Waals surface area (Å²) < 4.78 is 31.2. The quantitative estimate of drug-likeness (QED) is 0.660. The fraction of sp³-hybridized carbons (Fsp3) is 0.526. The zero-order valence-electron chi connectivity index (χ0n) is 15.2. The SMILES string of the molecule is C=c1cc(C2CC2)c(N(CCCC(=O)OC(C)C)S(C)(=O)=O)cc1=C. The molecule has 6 heteroatoms. The van der Waals surface area contributed by atoms with E-state index in [1.165, 1.54) is 10.6 Å². The van der Waals surface area contributed by atoms with E-state index in [2.05, 4.69) is 13.2 Å². The molecule has 1 aliphatic rings. The van der Waals surface area contributed by atoms with Crippen molar-refractivity contribution in [1.82, 2.24) is 0 Å². The summed E-state index contributed by atoms with van der Waals surface area (Å²) >= 11 is 0. The minimum Gasteiger partial charge on any atom is -0.463 e. The van der Waals surface area contributed by atoms with Gasteiger partial charge in [-0.1, -0.05) is 13.2 Å². The van der Waals surface area contributed by atoms with Crippen LogP contribution in [0.2, 0.25) is 0 Å². The Hall–Kier alpha value is -1.82. The van der Waals surface area contributed by atoms with E-state index in [4.69, 9.17) is 4.74 Å². The summed E-state index contributed by atoms with van der Waals surface area (Å²) in [6, 6.07) is 3.74. The normalized spacial score (nSPS) is 14.6. The molecule has 0 amide bonds. The number of hydrogen-bond donors (Lipinski definition) is 0. The maximum Gasteiger partial charge on any atom is 0.306 e. The van der Waals surface area contributed by atoms with Gasteiger partial charge in [0.05, 0.1) is 18.0 Å². The second-order valence-corrected chi connectivity index (χ2v) is 8.84. The molecule has 0 saturated heterocycles. The number of carbonyl (C=O) groups excluding carboxylic acids is 1. The molecule has 0 unspecified atom stereocenters. The van der Waals surface area contributed by atoms with Gasteiger partial charge >= 0.3 is 5.97 Å². The lowest BCUT2D eigenvalue weighted by molar-refractivity contribution is -0.147. The Morgan fingerprint density at radius 1 is 1.28 bits per heavy atom. The molecule has 1 fully saturated rings. The molecule has 0 aliphatic heterocycles. The van der Waals surface area contributed by atoms with Gasteiger partial charge in [-0.2, -0.15) is 0 Å². The monoisotopic (exact) mass is 365 g/mol. The van der Waals surface area contributed by atoms with Gasteiger partial charge in [0.1, 0.15) is 0 Å². The molecule has 0 radical (unpaired) electrons. The summed E-state index contributed by atoms with van der Waals surface area (Å²) in [7, 11) is -3.46. The van der Waals surface area contributed by atoms with Crippen molar-refractivity contribution in [2.75, 3.05) is 17.1 Å². The molecule has 1 saturated carbocycles. The number of rotatable bonds is 8. The first-order chi connectivity index (χ1) is 11.6. The van der Waals surface area contributed by atoms with Crippen molar-refractivity contribution >= 4 is 34.8 Å². The third kappa shape index (κ3) is 5.33. The third-order valence-electron chi connectivity index (χ3n) is 4.14. The molecule has 1 aromatic carbocycles.